The Hall–Kier alpha value is -1.40. The van der Waals surface area contributed by atoms with Crippen LogP contribution in [0.4, 0.5) is 0 Å². The second kappa shape index (κ2) is 7.24. The minimum Gasteiger partial charge on any atom is -0.348 e. The molecule has 1 saturated heterocycles. The van der Waals surface area contributed by atoms with Crippen LogP contribution in [-0.2, 0) is 15.6 Å². The molecule has 1 aromatic rings. The molecule has 1 aliphatic heterocycles. The molecule has 0 aromatic heterocycles. The minimum atomic E-state index is -3.17. The maximum absolute atomic E-state index is 12.4. The summed E-state index contributed by atoms with van der Waals surface area (Å²) < 4.78 is 23.0. The molecule has 0 radical (unpaired) electrons. The summed E-state index contributed by atoms with van der Waals surface area (Å²) >= 11 is 0. The van der Waals surface area contributed by atoms with Gasteiger partial charge in [-0.1, -0.05) is 18.2 Å². The lowest BCUT2D eigenvalue weighted by molar-refractivity contribution is 0.0931. The van der Waals surface area contributed by atoms with Crippen LogP contribution < -0.4 is 5.32 Å². The van der Waals surface area contributed by atoms with Gasteiger partial charge in [0, 0.05) is 24.4 Å². The van der Waals surface area contributed by atoms with E-state index < -0.39 is 9.84 Å². The first-order valence-corrected chi connectivity index (χ1v) is 9.70. The number of likely N-dealkylation sites (tertiary alicyclic amines) is 1. The lowest BCUT2D eigenvalue weighted by Gasteiger charge is -2.21. The first-order chi connectivity index (χ1) is 10.3. The number of amides is 1. The fraction of sp³-hybridized carbons (Fsp3) is 0.562. The highest BCUT2D eigenvalue weighted by molar-refractivity contribution is 7.89. The van der Waals surface area contributed by atoms with Crippen LogP contribution in [0.5, 0.6) is 0 Å². The Morgan fingerprint density at radius 3 is 2.55 bits per heavy atom. The molecule has 0 bridgehead atoms. The first kappa shape index (κ1) is 17.0. The maximum Gasteiger partial charge on any atom is 0.251 e. The van der Waals surface area contributed by atoms with Gasteiger partial charge in [-0.25, -0.2) is 8.42 Å². The molecule has 6 heteroatoms. The highest BCUT2D eigenvalue weighted by Crippen LogP contribution is 2.13. The molecular formula is C16H24N2O3S. The second-order valence-electron chi connectivity index (χ2n) is 6.11. The highest BCUT2D eigenvalue weighted by atomic mass is 32.2. The Kier molecular flexibility index (Phi) is 5.58. The second-order valence-corrected chi connectivity index (χ2v) is 8.25. The topological polar surface area (TPSA) is 66.5 Å². The molecule has 5 nitrogen and oxygen atoms in total. The van der Waals surface area contributed by atoms with Gasteiger partial charge in [0.1, 0.15) is 0 Å². The first-order valence-electron chi connectivity index (χ1n) is 7.64. The van der Waals surface area contributed by atoms with Gasteiger partial charge in [0.2, 0.25) is 0 Å². The molecule has 122 valence electrons. The van der Waals surface area contributed by atoms with Crippen LogP contribution in [0.3, 0.4) is 0 Å². The van der Waals surface area contributed by atoms with Crippen LogP contribution in [0.25, 0.3) is 0 Å². The van der Waals surface area contributed by atoms with Crippen molar-refractivity contribution in [3.8, 4) is 0 Å². The van der Waals surface area contributed by atoms with Gasteiger partial charge in [0.25, 0.3) is 5.91 Å². The molecule has 1 heterocycles. The molecule has 0 aliphatic carbocycles. The molecule has 22 heavy (non-hydrogen) atoms. The molecular weight excluding hydrogens is 300 g/mol. The maximum atomic E-state index is 12.4. The fourth-order valence-corrected chi connectivity index (χ4v) is 3.67. The van der Waals surface area contributed by atoms with E-state index in [1.165, 1.54) is 19.1 Å². The Morgan fingerprint density at radius 1 is 1.27 bits per heavy atom. The SMILES string of the molecule is CC(CN1CCCC1)NC(=O)c1ccccc1CS(C)(=O)=O. The molecule has 0 spiro atoms. The lowest BCUT2D eigenvalue weighted by atomic mass is 10.1. The number of carbonyl (C=O) groups is 1. The molecule has 0 saturated carbocycles. The molecule has 2 rings (SSSR count). The van der Waals surface area contributed by atoms with E-state index >= 15 is 0 Å². The number of hydrogen-bond acceptors (Lipinski definition) is 4. The van der Waals surface area contributed by atoms with Crippen molar-refractivity contribution in [2.45, 2.75) is 31.6 Å². The van der Waals surface area contributed by atoms with E-state index in [0.29, 0.717) is 11.1 Å². The van der Waals surface area contributed by atoms with E-state index in [4.69, 9.17) is 0 Å². The minimum absolute atomic E-state index is 0.0388. The van der Waals surface area contributed by atoms with E-state index in [-0.39, 0.29) is 17.7 Å². The third kappa shape index (κ3) is 5.10. The summed E-state index contributed by atoms with van der Waals surface area (Å²) in [6.07, 6.45) is 3.62. The van der Waals surface area contributed by atoms with Gasteiger partial charge in [0.05, 0.1) is 5.75 Å². The Labute approximate surface area is 132 Å². The number of sulfone groups is 1. The largest absolute Gasteiger partial charge is 0.348 e. The average Bonchev–Trinajstić information content (AvgIpc) is 2.90. The number of nitrogens with zero attached hydrogens (tertiary/aromatic N) is 1. The fourth-order valence-electron chi connectivity index (χ4n) is 2.85. The van der Waals surface area contributed by atoms with Gasteiger partial charge in [-0.05, 0) is 44.5 Å². The monoisotopic (exact) mass is 324 g/mol. The molecule has 1 atom stereocenters. The van der Waals surface area contributed by atoms with Crippen molar-refractivity contribution in [2.24, 2.45) is 0 Å². The van der Waals surface area contributed by atoms with Crippen LogP contribution in [0.2, 0.25) is 0 Å². The summed E-state index contributed by atoms with van der Waals surface area (Å²) in [7, 11) is -3.17. The van der Waals surface area contributed by atoms with Crippen molar-refractivity contribution in [3.63, 3.8) is 0 Å². The molecule has 1 unspecified atom stereocenters. The van der Waals surface area contributed by atoms with Crippen LogP contribution in [0.1, 0.15) is 35.7 Å². The molecule has 1 aliphatic rings. The number of benzene rings is 1. The van der Waals surface area contributed by atoms with E-state index in [0.717, 1.165) is 19.6 Å². The average molecular weight is 324 g/mol. The summed E-state index contributed by atoms with van der Waals surface area (Å²) in [5.41, 5.74) is 0.997. The van der Waals surface area contributed by atoms with Crippen molar-refractivity contribution in [3.05, 3.63) is 35.4 Å². The van der Waals surface area contributed by atoms with E-state index in [1.54, 1.807) is 24.3 Å². The van der Waals surface area contributed by atoms with Crippen molar-refractivity contribution in [1.29, 1.82) is 0 Å². The summed E-state index contributed by atoms with van der Waals surface area (Å²) in [6, 6.07) is 6.92. The van der Waals surface area contributed by atoms with Gasteiger partial charge in [-0.3, -0.25) is 4.79 Å². The standard InChI is InChI=1S/C16H24N2O3S/c1-13(11-18-9-5-6-10-18)17-16(19)15-8-4-3-7-14(15)12-22(2,20)21/h3-4,7-8,13H,5-6,9-12H2,1-2H3,(H,17,19). The summed E-state index contributed by atoms with van der Waals surface area (Å²) in [6.45, 7) is 4.99. The quantitative estimate of drug-likeness (QED) is 0.860. The van der Waals surface area contributed by atoms with Gasteiger partial charge in [-0.2, -0.15) is 0 Å². The van der Waals surface area contributed by atoms with Crippen LogP contribution in [-0.4, -0.2) is 51.2 Å². The van der Waals surface area contributed by atoms with Crippen molar-refractivity contribution >= 4 is 15.7 Å². The third-order valence-corrected chi connectivity index (χ3v) is 4.62. The molecule has 1 amide bonds. The third-order valence-electron chi connectivity index (χ3n) is 3.79. The van der Waals surface area contributed by atoms with Gasteiger partial charge in [0.15, 0.2) is 9.84 Å². The smallest absolute Gasteiger partial charge is 0.251 e. The zero-order valence-corrected chi connectivity index (χ0v) is 14.0. The zero-order chi connectivity index (χ0) is 16.2. The zero-order valence-electron chi connectivity index (χ0n) is 13.2. The predicted molar refractivity (Wildman–Crippen MR) is 87.6 cm³/mol. The predicted octanol–water partition coefficient (Wildman–Crippen LogP) is 1.45. The van der Waals surface area contributed by atoms with Gasteiger partial charge in [-0.15, -0.1) is 0 Å². The summed E-state index contributed by atoms with van der Waals surface area (Å²) in [5.74, 6) is -0.317. The van der Waals surface area contributed by atoms with E-state index in [9.17, 15) is 13.2 Å². The van der Waals surface area contributed by atoms with Crippen LogP contribution in [0.15, 0.2) is 24.3 Å². The number of carbonyl (C=O) groups excluding carboxylic acids is 1. The normalized spacial score (nSPS) is 17.4. The Bertz CT molecular complexity index is 622. The van der Waals surface area contributed by atoms with Crippen molar-refractivity contribution in [2.75, 3.05) is 25.9 Å². The highest BCUT2D eigenvalue weighted by Gasteiger charge is 2.19. The van der Waals surface area contributed by atoms with E-state index in [1.807, 2.05) is 6.92 Å². The molecule has 1 aromatic carbocycles. The Morgan fingerprint density at radius 2 is 1.91 bits per heavy atom. The number of rotatable bonds is 6. The van der Waals surface area contributed by atoms with Crippen molar-refractivity contribution in [1.82, 2.24) is 10.2 Å². The molecule has 1 N–H and O–H groups in total. The lowest BCUT2D eigenvalue weighted by Crippen LogP contribution is -2.41. The molecule has 1 fully saturated rings. The van der Waals surface area contributed by atoms with Crippen molar-refractivity contribution < 1.29 is 13.2 Å². The van der Waals surface area contributed by atoms with Gasteiger partial charge >= 0.3 is 0 Å². The summed E-state index contributed by atoms with van der Waals surface area (Å²) in [4.78, 5) is 14.8. The van der Waals surface area contributed by atoms with Gasteiger partial charge < -0.3 is 10.2 Å². The van der Waals surface area contributed by atoms with E-state index in [2.05, 4.69) is 10.2 Å². The Balaban J connectivity index is 2.02. The van der Waals surface area contributed by atoms with Crippen LogP contribution >= 0.6 is 0 Å². The number of hydrogen-bond donors (Lipinski definition) is 1. The van der Waals surface area contributed by atoms with Crippen LogP contribution in [0, 0.1) is 0 Å². The number of nitrogens with one attached hydrogen (secondary N) is 1. The summed E-state index contributed by atoms with van der Waals surface area (Å²) in [5, 5.41) is 2.97.